The summed E-state index contributed by atoms with van der Waals surface area (Å²) in [5.41, 5.74) is 5.05. The topological polar surface area (TPSA) is 150 Å². The van der Waals surface area contributed by atoms with Gasteiger partial charge in [-0.1, -0.05) is 40.7 Å². The van der Waals surface area contributed by atoms with E-state index in [1.165, 1.54) is 12.1 Å². The maximum atomic E-state index is 12.7. The first-order chi connectivity index (χ1) is 19.3. The van der Waals surface area contributed by atoms with Gasteiger partial charge < -0.3 is 34.2 Å². The molecule has 11 heteroatoms. The first-order valence-corrected chi connectivity index (χ1v) is 14.4. The van der Waals surface area contributed by atoms with Crippen molar-refractivity contribution < 1.29 is 47.6 Å². The lowest BCUT2D eigenvalue weighted by molar-refractivity contribution is -0.169. The van der Waals surface area contributed by atoms with Gasteiger partial charge in [0.05, 0.1) is 5.92 Å². The number of carbonyl (C=O) groups is 4. The third-order valence-electron chi connectivity index (χ3n) is 7.21. The molecule has 0 bridgehead atoms. The van der Waals surface area contributed by atoms with Gasteiger partial charge in [-0.15, -0.1) is 0 Å². The van der Waals surface area contributed by atoms with Crippen molar-refractivity contribution >= 4 is 24.2 Å². The first-order valence-electron chi connectivity index (χ1n) is 14.4. The number of carbonyl (C=O) groups excluding carboxylic acids is 4. The molecule has 4 atom stereocenters. The van der Waals surface area contributed by atoms with Crippen LogP contribution >= 0.6 is 0 Å². The number of esters is 2. The van der Waals surface area contributed by atoms with Crippen molar-refractivity contribution in [2.75, 3.05) is 0 Å². The zero-order chi connectivity index (χ0) is 32.4. The Hall–Kier alpha value is -3.34. The highest BCUT2D eigenvalue weighted by atomic mass is 16.8. The van der Waals surface area contributed by atoms with Crippen LogP contribution in [-0.4, -0.2) is 53.7 Å². The molecule has 0 amide bonds. The second-order valence-corrected chi connectivity index (χ2v) is 12.0. The third kappa shape index (κ3) is 12.3. The van der Waals surface area contributed by atoms with Crippen molar-refractivity contribution in [2.45, 2.75) is 125 Å². The normalized spacial score (nSPS) is 14.7. The van der Waals surface area contributed by atoms with Crippen LogP contribution in [0.25, 0.3) is 0 Å². The molecule has 1 aromatic rings. The van der Waals surface area contributed by atoms with Gasteiger partial charge in [0, 0.05) is 0 Å². The van der Waals surface area contributed by atoms with E-state index in [1.54, 1.807) is 54.5 Å². The van der Waals surface area contributed by atoms with Gasteiger partial charge in [-0.3, -0.25) is 9.59 Å². The Balaban J connectivity index is 3.04. The molecule has 0 spiro atoms. The predicted octanol–water partition coefficient (Wildman–Crippen LogP) is 6.12. The number of hydrogen-bond donors (Lipinski definition) is 1. The van der Waals surface area contributed by atoms with Crippen LogP contribution in [0.5, 0.6) is 11.5 Å². The van der Waals surface area contributed by atoms with Crippen LogP contribution in [0.1, 0.15) is 94.6 Å². The Kier molecular flexibility index (Phi) is 13.8. The van der Waals surface area contributed by atoms with Crippen molar-refractivity contribution in [3.63, 3.8) is 0 Å². The summed E-state index contributed by atoms with van der Waals surface area (Å²) in [6, 6.07) is 3.30. The number of nitrogens with two attached hydrogens (primary N) is 1. The lowest BCUT2D eigenvalue weighted by Gasteiger charge is -2.25. The van der Waals surface area contributed by atoms with Crippen LogP contribution < -0.4 is 15.2 Å². The third-order valence-corrected chi connectivity index (χ3v) is 7.21. The summed E-state index contributed by atoms with van der Waals surface area (Å²) >= 11 is 0. The van der Waals surface area contributed by atoms with Crippen molar-refractivity contribution in [1.82, 2.24) is 0 Å². The maximum Gasteiger partial charge on any atom is 0.514 e. The molecule has 0 saturated heterocycles. The molecule has 0 fully saturated rings. The van der Waals surface area contributed by atoms with Gasteiger partial charge in [-0.05, 0) is 84.4 Å². The molecule has 2 N–H and O–H groups in total. The van der Waals surface area contributed by atoms with Crippen LogP contribution in [0.2, 0.25) is 0 Å². The Morgan fingerprint density at radius 2 is 1.19 bits per heavy atom. The number of rotatable bonds is 14. The first kappa shape index (κ1) is 36.7. The summed E-state index contributed by atoms with van der Waals surface area (Å²) < 4.78 is 32.3. The minimum Gasteiger partial charge on any atom is -0.459 e. The van der Waals surface area contributed by atoms with Gasteiger partial charge in [0.2, 0.25) is 0 Å². The van der Waals surface area contributed by atoms with Crippen LogP contribution in [0, 0.1) is 11.8 Å². The molecule has 11 nitrogen and oxygen atoms in total. The van der Waals surface area contributed by atoms with Crippen molar-refractivity contribution in [1.29, 1.82) is 0 Å². The zero-order valence-electron chi connectivity index (χ0n) is 26.9. The minimum atomic E-state index is -1.09. The van der Waals surface area contributed by atoms with Gasteiger partial charge in [0.1, 0.15) is 29.5 Å². The SMILES string of the molecule is CCC(C)(C)OC(=O)Oc1ccc(C[C@H](N)C(=O)O[C@@H](C)[C@H](C)OC(=O)C(C)C(C)C)cc1OC(=O)OC(C)(C)CC. The lowest BCUT2D eigenvalue weighted by Crippen LogP contribution is -2.40. The molecule has 0 aliphatic rings. The molecule has 238 valence electrons. The molecule has 1 unspecified atom stereocenters. The quantitative estimate of drug-likeness (QED) is 0.150. The second kappa shape index (κ2) is 15.8. The Morgan fingerprint density at radius 1 is 0.738 bits per heavy atom. The summed E-state index contributed by atoms with van der Waals surface area (Å²) in [4.78, 5) is 50.0. The lowest BCUT2D eigenvalue weighted by atomic mass is 9.98. The molecule has 1 rings (SSSR count). The fourth-order valence-corrected chi connectivity index (χ4v) is 3.02. The van der Waals surface area contributed by atoms with Crippen LogP contribution in [-0.2, 0) is 35.0 Å². The highest BCUT2D eigenvalue weighted by Gasteiger charge is 2.29. The standard InChI is InChI=1S/C31H49NO10/c1-12-30(8,9)41-28(35)39-24-15-14-22(17-25(24)40-29(36)42-31(10,11)13-2)16-23(32)27(34)38-21(7)20(6)37-26(33)19(5)18(3)4/h14-15,17-21,23H,12-13,16,32H2,1-11H3/t19?,20-,21-,23-/m0/s1. The van der Waals surface area contributed by atoms with Crippen LogP contribution in [0.4, 0.5) is 9.59 Å². The minimum absolute atomic E-state index is 0.00353. The molecule has 42 heavy (non-hydrogen) atoms. The predicted molar refractivity (Wildman–Crippen MR) is 156 cm³/mol. The molecule has 0 aliphatic carbocycles. The van der Waals surface area contributed by atoms with E-state index >= 15 is 0 Å². The summed E-state index contributed by atoms with van der Waals surface area (Å²) in [5.74, 6) is -1.48. The van der Waals surface area contributed by atoms with E-state index in [9.17, 15) is 19.2 Å². The average Bonchev–Trinajstić information content (AvgIpc) is 2.88. The molecule has 0 aliphatic heterocycles. The molecule has 0 radical (unpaired) electrons. The Bertz CT molecular complexity index is 1080. The summed E-state index contributed by atoms with van der Waals surface area (Å²) in [7, 11) is 0. The van der Waals surface area contributed by atoms with E-state index in [-0.39, 0.29) is 35.7 Å². The van der Waals surface area contributed by atoms with Crippen molar-refractivity contribution in [3.8, 4) is 11.5 Å². The zero-order valence-corrected chi connectivity index (χ0v) is 26.9. The van der Waals surface area contributed by atoms with E-state index in [0.29, 0.717) is 18.4 Å². The van der Waals surface area contributed by atoms with Crippen LogP contribution in [0.3, 0.4) is 0 Å². The number of benzene rings is 1. The van der Waals surface area contributed by atoms with E-state index in [2.05, 4.69) is 0 Å². The maximum absolute atomic E-state index is 12.7. The van der Waals surface area contributed by atoms with E-state index < -0.39 is 47.7 Å². The fourth-order valence-electron chi connectivity index (χ4n) is 3.02. The van der Waals surface area contributed by atoms with E-state index in [0.717, 1.165) is 0 Å². The smallest absolute Gasteiger partial charge is 0.459 e. The number of hydrogen-bond acceptors (Lipinski definition) is 11. The molecule has 1 aromatic carbocycles. The monoisotopic (exact) mass is 595 g/mol. The van der Waals surface area contributed by atoms with Crippen molar-refractivity contribution in [2.24, 2.45) is 17.6 Å². The molecule has 0 heterocycles. The Morgan fingerprint density at radius 3 is 1.64 bits per heavy atom. The van der Waals surface area contributed by atoms with Gasteiger partial charge >= 0.3 is 24.2 Å². The van der Waals surface area contributed by atoms with Crippen LogP contribution in [0.15, 0.2) is 18.2 Å². The average molecular weight is 596 g/mol. The number of ether oxygens (including phenoxy) is 6. The van der Waals surface area contributed by atoms with E-state index in [4.69, 9.17) is 34.2 Å². The van der Waals surface area contributed by atoms with Gasteiger partial charge in [-0.2, -0.15) is 0 Å². The molecule has 0 aromatic heterocycles. The summed E-state index contributed by atoms with van der Waals surface area (Å²) in [6.07, 6.45) is -2.31. The largest absolute Gasteiger partial charge is 0.514 e. The fraction of sp³-hybridized carbons (Fsp3) is 0.677. The molecular formula is C31H49NO10. The molecule has 0 saturated carbocycles. The highest BCUT2D eigenvalue weighted by Crippen LogP contribution is 2.31. The summed E-state index contributed by atoms with van der Waals surface area (Å²) in [5, 5.41) is 0. The van der Waals surface area contributed by atoms with Gasteiger partial charge in [-0.25, -0.2) is 9.59 Å². The van der Waals surface area contributed by atoms with Gasteiger partial charge in [0.25, 0.3) is 0 Å². The second-order valence-electron chi connectivity index (χ2n) is 12.0. The molecular weight excluding hydrogens is 546 g/mol. The van der Waals surface area contributed by atoms with Gasteiger partial charge in [0.15, 0.2) is 11.5 Å². The van der Waals surface area contributed by atoms with E-state index in [1.807, 2.05) is 27.7 Å². The van der Waals surface area contributed by atoms with Crippen molar-refractivity contribution in [3.05, 3.63) is 23.8 Å². The Labute approximate surface area is 249 Å². The highest BCUT2D eigenvalue weighted by molar-refractivity contribution is 5.76. The summed E-state index contributed by atoms with van der Waals surface area (Å²) in [6.45, 7) is 19.5.